The third kappa shape index (κ3) is 2.71. The maximum absolute atomic E-state index is 6.10. The normalized spacial score (nSPS) is 31.6. The maximum atomic E-state index is 6.10. The van der Waals surface area contributed by atoms with E-state index >= 15 is 0 Å². The first-order chi connectivity index (χ1) is 9.56. The molecule has 1 saturated carbocycles. The van der Waals surface area contributed by atoms with Crippen LogP contribution in [-0.2, 0) is 0 Å². The Hall–Kier alpha value is -1.02. The lowest BCUT2D eigenvalue weighted by molar-refractivity contribution is 0.0927. The largest absolute Gasteiger partial charge is 0.486 e. The van der Waals surface area contributed by atoms with E-state index in [9.17, 15) is 0 Å². The Kier molecular flexibility index (Phi) is 3.76. The van der Waals surface area contributed by atoms with Crippen molar-refractivity contribution >= 4 is 0 Å². The molecule has 0 radical (unpaired) electrons. The van der Waals surface area contributed by atoms with Gasteiger partial charge in [0.05, 0.1) is 6.04 Å². The second kappa shape index (κ2) is 5.40. The van der Waals surface area contributed by atoms with E-state index in [1.165, 1.54) is 31.2 Å². The SMILES string of the molecule is CC1CCC(CNC2c3ccccc3OC2(C)C)CC1. The van der Waals surface area contributed by atoms with Crippen LogP contribution >= 0.6 is 0 Å². The van der Waals surface area contributed by atoms with Crippen LogP contribution in [0.4, 0.5) is 0 Å². The van der Waals surface area contributed by atoms with Gasteiger partial charge in [-0.1, -0.05) is 38.0 Å². The van der Waals surface area contributed by atoms with Crippen molar-refractivity contribution in [1.82, 2.24) is 5.32 Å². The van der Waals surface area contributed by atoms with Crippen molar-refractivity contribution < 1.29 is 4.74 Å². The molecule has 2 aliphatic rings. The molecule has 0 saturated heterocycles. The molecule has 1 atom stereocenters. The molecule has 1 N–H and O–H groups in total. The van der Waals surface area contributed by atoms with Crippen LogP contribution < -0.4 is 10.1 Å². The highest BCUT2D eigenvalue weighted by atomic mass is 16.5. The summed E-state index contributed by atoms with van der Waals surface area (Å²) in [5.74, 6) is 2.82. The third-order valence-electron chi connectivity index (χ3n) is 5.04. The molecule has 2 heteroatoms. The minimum atomic E-state index is -0.147. The number of para-hydroxylation sites is 1. The number of hydrogen-bond acceptors (Lipinski definition) is 2. The average Bonchev–Trinajstić information content (AvgIpc) is 2.68. The average molecular weight is 273 g/mol. The number of hydrogen-bond donors (Lipinski definition) is 1. The molecule has 1 aliphatic carbocycles. The Morgan fingerprint density at radius 2 is 1.85 bits per heavy atom. The van der Waals surface area contributed by atoms with E-state index < -0.39 is 0 Å². The van der Waals surface area contributed by atoms with Gasteiger partial charge in [0.1, 0.15) is 11.4 Å². The van der Waals surface area contributed by atoms with Gasteiger partial charge in [-0.3, -0.25) is 0 Å². The Labute approximate surface area is 122 Å². The first-order valence-corrected chi connectivity index (χ1v) is 8.07. The molecule has 0 bridgehead atoms. The van der Waals surface area contributed by atoms with Crippen LogP contribution in [0.15, 0.2) is 24.3 Å². The fourth-order valence-electron chi connectivity index (χ4n) is 3.70. The molecule has 0 amide bonds. The molecule has 1 aromatic carbocycles. The van der Waals surface area contributed by atoms with Gasteiger partial charge in [-0.05, 0) is 51.1 Å². The number of nitrogens with one attached hydrogen (secondary N) is 1. The molecule has 1 unspecified atom stereocenters. The van der Waals surface area contributed by atoms with Crippen molar-refractivity contribution in [3.63, 3.8) is 0 Å². The smallest absolute Gasteiger partial charge is 0.125 e. The van der Waals surface area contributed by atoms with Crippen molar-refractivity contribution in [3.05, 3.63) is 29.8 Å². The lowest BCUT2D eigenvalue weighted by atomic mass is 9.82. The van der Waals surface area contributed by atoms with Gasteiger partial charge in [0, 0.05) is 5.56 Å². The van der Waals surface area contributed by atoms with Crippen molar-refractivity contribution in [2.45, 2.75) is 58.1 Å². The van der Waals surface area contributed by atoms with Gasteiger partial charge >= 0.3 is 0 Å². The molecule has 1 aromatic rings. The lowest BCUT2D eigenvalue weighted by Crippen LogP contribution is -2.41. The van der Waals surface area contributed by atoms with E-state index in [2.05, 4.69) is 50.4 Å². The fourth-order valence-corrected chi connectivity index (χ4v) is 3.70. The zero-order valence-electron chi connectivity index (χ0n) is 13.0. The second-order valence-electron chi connectivity index (χ2n) is 7.21. The van der Waals surface area contributed by atoms with Crippen molar-refractivity contribution in [1.29, 1.82) is 0 Å². The van der Waals surface area contributed by atoms with Gasteiger partial charge < -0.3 is 10.1 Å². The third-order valence-corrected chi connectivity index (χ3v) is 5.04. The highest BCUT2D eigenvalue weighted by molar-refractivity contribution is 5.42. The fraction of sp³-hybridized carbons (Fsp3) is 0.667. The lowest BCUT2D eigenvalue weighted by Gasteiger charge is -2.31. The minimum Gasteiger partial charge on any atom is -0.486 e. The molecule has 1 aliphatic heterocycles. The highest BCUT2D eigenvalue weighted by Gasteiger charge is 2.40. The van der Waals surface area contributed by atoms with Gasteiger partial charge in [-0.2, -0.15) is 0 Å². The molecule has 110 valence electrons. The molecule has 0 aromatic heterocycles. The maximum Gasteiger partial charge on any atom is 0.125 e. The van der Waals surface area contributed by atoms with E-state index in [1.807, 2.05) is 0 Å². The minimum absolute atomic E-state index is 0.147. The summed E-state index contributed by atoms with van der Waals surface area (Å²) in [6.45, 7) is 7.88. The first-order valence-electron chi connectivity index (χ1n) is 8.07. The molecule has 0 spiro atoms. The van der Waals surface area contributed by atoms with Crippen molar-refractivity contribution in [2.24, 2.45) is 11.8 Å². The van der Waals surface area contributed by atoms with Gasteiger partial charge in [0.2, 0.25) is 0 Å². The van der Waals surface area contributed by atoms with Crippen LogP contribution in [-0.4, -0.2) is 12.1 Å². The predicted octanol–water partition coefficient (Wildman–Crippen LogP) is 4.31. The standard InChI is InChI=1S/C18H27NO/c1-13-8-10-14(11-9-13)12-19-17-15-6-4-5-7-16(15)20-18(17,2)3/h4-7,13-14,17,19H,8-12H2,1-3H3. The van der Waals surface area contributed by atoms with Gasteiger partial charge in [0.25, 0.3) is 0 Å². The Morgan fingerprint density at radius 1 is 1.15 bits per heavy atom. The molecular weight excluding hydrogens is 246 g/mol. The van der Waals surface area contributed by atoms with Crippen LogP contribution in [0.25, 0.3) is 0 Å². The number of rotatable bonds is 3. The Balaban J connectivity index is 1.64. The summed E-state index contributed by atoms with van der Waals surface area (Å²) in [6, 6.07) is 8.77. The molecule has 20 heavy (non-hydrogen) atoms. The number of benzene rings is 1. The van der Waals surface area contributed by atoms with Gasteiger partial charge in [-0.15, -0.1) is 0 Å². The summed E-state index contributed by atoms with van der Waals surface area (Å²) in [4.78, 5) is 0. The van der Waals surface area contributed by atoms with Gasteiger partial charge in [0.15, 0.2) is 0 Å². The molecular formula is C18H27NO. The van der Waals surface area contributed by atoms with E-state index in [0.29, 0.717) is 6.04 Å². The summed E-state index contributed by atoms with van der Waals surface area (Å²) in [7, 11) is 0. The van der Waals surface area contributed by atoms with E-state index in [-0.39, 0.29) is 5.60 Å². The van der Waals surface area contributed by atoms with E-state index in [1.54, 1.807) is 0 Å². The molecule has 1 heterocycles. The Morgan fingerprint density at radius 3 is 2.60 bits per heavy atom. The monoisotopic (exact) mass is 273 g/mol. The predicted molar refractivity (Wildman–Crippen MR) is 83.0 cm³/mol. The molecule has 2 nitrogen and oxygen atoms in total. The van der Waals surface area contributed by atoms with Crippen LogP contribution in [0.3, 0.4) is 0 Å². The molecule has 3 rings (SSSR count). The van der Waals surface area contributed by atoms with E-state index in [0.717, 1.165) is 24.1 Å². The number of fused-ring (bicyclic) bond motifs is 1. The zero-order chi connectivity index (χ0) is 14.2. The Bertz CT molecular complexity index is 460. The topological polar surface area (TPSA) is 21.3 Å². The van der Waals surface area contributed by atoms with Crippen LogP contribution in [0.1, 0.15) is 58.1 Å². The summed E-state index contributed by atoms with van der Waals surface area (Å²) >= 11 is 0. The number of ether oxygens (including phenoxy) is 1. The van der Waals surface area contributed by atoms with Crippen molar-refractivity contribution in [3.8, 4) is 5.75 Å². The summed E-state index contributed by atoms with van der Waals surface area (Å²) < 4.78 is 6.10. The van der Waals surface area contributed by atoms with Crippen LogP contribution in [0.5, 0.6) is 5.75 Å². The molecule has 1 fully saturated rings. The second-order valence-corrected chi connectivity index (χ2v) is 7.21. The summed E-state index contributed by atoms with van der Waals surface area (Å²) in [5, 5.41) is 3.79. The summed E-state index contributed by atoms with van der Waals surface area (Å²) in [5.41, 5.74) is 1.17. The van der Waals surface area contributed by atoms with E-state index in [4.69, 9.17) is 4.74 Å². The van der Waals surface area contributed by atoms with Crippen LogP contribution in [0.2, 0.25) is 0 Å². The van der Waals surface area contributed by atoms with Crippen LogP contribution in [0, 0.1) is 11.8 Å². The van der Waals surface area contributed by atoms with Gasteiger partial charge in [-0.25, -0.2) is 0 Å². The van der Waals surface area contributed by atoms with Crippen molar-refractivity contribution in [2.75, 3.05) is 6.54 Å². The quantitative estimate of drug-likeness (QED) is 0.886. The first kappa shape index (κ1) is 13.9. The summed E-state index contributed by atoms with van der Waals surface area (Å²) in [6.07, 6.45) is 5.55. The highest BCUT2D eigenvalue weighted by Crippen LogP contribution is 2.43. The zero-order valence-corrected chi connectivity index (χ0v) is 13.0.